The lowest BCUT2D eigenvalue weighted by Crippen LogP contribution is -2.45. The number of hydrogen-bond acceptors (Lipinski definition) is 3. The van der Waals surface area contributed by atoms with Gasteiger partial charge in [0.2, 0.25) is 5.91 Å². The van der Waals surface area contributed by atoms with Gasteiger partial charge in [0.05, 0.1) is 11.6 Å². The molecule has 4 nitrogen and oxygen atoms in total. The Bertz CT molecular complexity index is 943. The first-order valence-corrected chi connectivity index (χ1v) is 10.2. The Kier molecular flexibility index (Phi) is 6.91. The summed E-state index contributed by atoms with van der Waals surface area (Å²) in [7, 11) is 0. The fraction of sp³-hybridized carbons (Fsp3) is 0.231. The lowest BCUT2D eigenvalue weighted by atomic mass is 10.0. The number of nitrogens with two attached hydrogens (primary N) is 1. The van der Waals surface area contributed by atoms with Crippen LogP contribution in [0.1, 0.15) is 25.8 Å². The van der Waals surface area contributed by atoms with E-state index in [4.69, 9.17) is 10.5 Å². The standard InChI is InChI=1S/C26H29N2O2/c1-19(30-24-17-15-23(16-18-24)28-25(29)26(2,3)27)9-10-20-11-13-22(14-12-20)21-7-5-4-6-8-21/h4-8,11-19H,2,9-10,27H2,1,3H3,(H,28,29)/t19-,26?/m0/s1. The van der Waals surface area contributed by atoms with E-state index < -0.39 is 5.54 Å². The molecule has 0 saturated carbocycles. The maximum Gasteiger partial charge on any atom is 0.244 e. The van der Waals surface area contributed by atoms with Crippen LogP contribution in [0.5, 0.6) is 5.75 Å². The molecule has 0 spiro atoms. The van der Waals surface area contributed by atoms with Gasteiger partial charge in [-0.15, -0.1) is 0 Å². The minimum atomic E-state index is -1.16. The molecule has 1 unspecified atom stereocenters. The van der Waals surface area contributed by atoms with E-state index in [-0.39, 0.29) is 12.0 Å². The zero-order valence-corrected chi connectivity index (χ0v) is 17.6. The molecule has 1 amide bonds. The first-order valence-electron chi connectivity index (χ1n) is 10.2. The van der Waals surface area contributed by atoms with E-state index >= 15 is 0 Å². The maximum atomic E-state index is 11.9. The van der Waals surface area contributed by atoms with E-state index in [0.29, 0.717) is 5.69 Å². The van der Waals surface area contributed by atoms with Crippen LogP contribution in [0.4, 0.5) is 5.69 Å². The molecular formula is C26H29N2O2. The number of ether oxygens (including phenoxy) is 1. The molecule has 155 valence electrons. The van der Waals surface area contributed by atoms with Gasteiger partial charge in [-0.2, -0.15) is 0 Å². The topological polar surface area (TPSA) is 64.4 Å². The summed E-state index contributed by atoms with van der Waals surface area (Å²) in [5.41, 5.74) is 8.94. The summed E-state index contributed by atoms with van der Waals surface area (Å²) in [5, 5.41) is 2.74. The van der Waals surface area contributed by atoms with Gasteiger partial charge < -0.3 is 15.8 Å². The van der Waals surface area contributed by atoms with E-state index in [1.165, 1.54) is 16.7 Å². The molecule has 0 heterocycles. The quantitative estimate of drug-likeness (QED) is 0.542. The number of hydrogen-bond donors (Lipinski definition) is 2. The van der Waals surface area contributed by atoms with Gasteiger partial charge >= 0.3 is 0 Å². The van der Waals surface area contributed by atoms with E-state index in [9.17, 15) is 4.79 Å². The summed E-state index contributed by atoms with van der Waals surface area (Å²) in [6.45, 7) is 7.26. The number of nitrogens with one attached hydrogen (secondary N) is 1. The molecule has 0 fully saturated rings. The van der Waals surface area contributed by atoms with Crippen LogP contribution in [-0.2, 0) is 11.2 Å². The van der Waals surface area contributed by atoms with Crippen molar-refractivity contribution in [2.75, 3.05) is 5.32 Å². The maximum absolute atomic E-state index is 11.9. The van der Waals surface area contributed by atoms with E-state index in [1.54, 1.807) is 19.1 Å². The SMILES string of the molecule is [CH2]C(C)(N)C(=O)Nc1ccc(O[C@@H](C)CCc2ccc(-c3ccccc3)cc2)cc1. The van der Waals surface area contributed by atoms with Crippen LogP contribution >= 0.6 is 0 Å². The van der Waals surface area contributed by atoms with Crippen molar-refractivity contribution in [2.24, 2.45) is 5.73 Å². The molecule has 2 atom stereocenters. The molecule has 0 aliphatic heterocycles. The van der Waals surface area contributed by atoms with E-state index in [0.717, 1.165) is 18.6 Å². The molecule has 3 N–H and O–H groups in total. The van der Waals surface area contributed by atoms with Gasteiger partial charge in [0, 0.05) is 5.69 Å². The Balaban J connectivity index is 1.48. The molecule has 0 aliphatic carbocycles. The van der Waals surface area contributed by atoms with Crippen molar-refractivity contribution in [1.29, 1.82) is 0 Å². The third-order valence-electron chi connectivity index (χ3n) is 4.87. The Morgan fingerprint density at radius 1 is 1.00 bits per heavy atom. The van der Waals surface area contributed by atoms with Crippen LogP contribution in [0.3, 0.4) is 0 Å². The minimum absolute atomic E-state index is 0.0754. The number of aryl methyl sites for hydroxylation is 1. The predicted molar refractivity (Wildman–Crippen MR) is 123 cm³/mol. The molecule has 3 aromatic rings. The van der Waals surface area contributed by atoms with Gasteiger partial charge in [0.15, 0.2) is 0 Å². The van der Waals surface area contributed by atoms with E-state index in [2.05, 4.69) is 67.7 Å². The normalized spacial score (nSPS) is 12.3. The Labute approximate surface area is 179 Å². The fourth-order valence-corrected chi connectivity index (χ4v) is 3.05. The summed E-state index contributed by atoms with van der Waals surface area (Å²) in [5.74, 6) is 0.438. The smallest absolute Gasteiger partial charge is 0.244 e. The molecule has 1 radical (unpaired) electrons. The summed E-state index contributed by atoms with van der Waals surface area (Å²) in [6.07, 6.45) is 1.94. The van der Waals surface area contributed by atoms with Crippen molar-refractivity contribution in [2.45, 2.75) is 38.3 Å². The highest BCUT2D eigenvalue weighted by atomic mass is 16.5. The van der Waals surface area contributed by atoms with Gasteiger partial charge in [-0.25, -0.2) is 0 Å². The monoisotopic (exact) mass is 401 g/mol. The average molecular weight is 402 g/mol. The van der Waals surface area contributed by atoms with E-state index in [1.807, 2.05) is 18.2 Å². The van der Waals surface area contributed by atoms with Gasteiger partial charge in [0.1, 0.15) is 5.75 Å². The summed E-state index contributed by atoms with van der Waals surface area (Å²) in [4.78, 5) is 11.9. The Hall–Kier alpha value is -3.11. The summed E-state index contributed by atoms with van der Waals surface area (Å²) < 4.78 is 6.01. The van der Waals surface area contributed by atoms with Gasteiger partial charge in [0.25, 0.3) is 0 Å². The fourth-order valence-electron chi connectivity index (χ4n) is 3.05. The molecule has 30 heavy (non-hydrogen) atoms. The Morgan fingerprint density at radius 3 is 2.20 bits per heavy atom. The van der Waals surface area contributed by atoms with Crippen molar-refractivity contribution in [3.05, 3.63) is 91.3 Å². The van der Waals surface area contributed by atoms with Crippen molar-refractivity contribution < 1.29 is 9.53 Å². The van der Waals surface area contributed by atoms with Crippen molar-refractivity contribution in [3.63, 3.8) is 0 Å². The Morgan fingerprint density at radius 2 is 1.60 bits per heavy atom. The summed E-state index contributed by atoms with van der Waals surface area (Å²) in [6, 6.07) is 26.4. The summed E-state index contributed by atoms with van der Waals surface area (Å²) >= 11 is 0. The lowest BCUT2D eigenvalue weighted by molar-refractivity contribution is -0.119. The molecule has 3 rings (SSSR count). The minimum Gasteiger partial charge on any atom is -0.491 e. The van der Waals surface area contributed by atoms with Crippen molar-refractivity contribution in [3.8, 4) is 16.9 Å². The number of carbonyl (C=O) groups is 1. The second-order valence-electron chi connectivity index (χ2n) is 7.93. The highest BCUT2D eigenvalue weighted by molar-refractivity contribution is 5.98. The zero-order chi connectivity index (χ0) is 21.6. The average Bonchev–Trinajstić information content (AvgIpc) is 2.74. The molecule has 0 aliphatic rings. The number of anilines is 1. The highest BCUT2D eigenvalue weighted by Gasteiger charge is 2.21. The van der Waals surface area contributed by atoms with Crippen LogP contribution in [0.15, 0.2) is 78.9 Å². The second-order valence-corrected chi connectivity index (χ2v) is 7.93. The molecule has 4 heteroatoms. The molecule has 3 aromatic carbocycles. The van der Waals surface area contributed by atoms with Gasteiger partial charge in [-0.3, -0.25) is 4.79 Å². The van der Waals surface area contributed by atoms with Gasteiger partial charge in [-0.05, 0) is 74.6 Å². The highest BCUT2D eigenvalue weighted by Crippen LogP contribution is 2.21. The predicted octanol–water partition coefficient (Wildman–Crippen LogP) is 5.24. The van der Waals surface area contributed by atoms with Crippen LogP contribution < -0.4 is 15.8 Å². The molecule has 0 aromatic heterocycles. The second kappa shape index (κ2) is 9.59. The number of rotatable bonds is 8. The first kappa shape index (κ1) is 21.6. The third-order valence-corrected chi connectivity index (χ3v) is 4.87. The lowest BCUT2D eigenvalue weighted by Gasteiger charge is -2.18. The van der Waals surface area contributed by atoms with Crippen molar-refractivity contribution >= 4 is 11.6 Å². The zero-order valence-electron chi connectivity index (χ0n) is 17.6. The van der Waals surface area contributed by atoms with Crippen molar-refractivity contribution in [1.82, 2.24) is 0 Å². The third kappa shape index (κ3) is 6.19. The van der Waals surface area contributed by atoms with Crippen LogP contribution in [0.25, 0.3) is 11.1 Å². The first-order chi connectivity index (χ1) is 14.3. The molecule has 0 saturated heterocycles. The van der Waals surface area contributed by atoms with Gasteiger partial charge in [-0.1, -0.05) is 54.6 Å². The largest absolute Gasteiger partial charge is 0.491 e. The van der Waals surface area contributed by atoms with Crippen LogP contribution in [-0.4, -0.2) is 17.6 Å². The van der Waals surface area contributed by atoms with Crippen LogP contribution in [0, 0.1) is 6.92 Å². The number of amides is 1. The number of benzene rings is 3. The molecular weight excluding hydrogens is 372 g/mol. The number of carbonyl (C=O) groups excluding carboxylic acids is 1. The van der Waals surface area contributed by atoms with Crippen LogP contribution in [0.2, 0.25) is 0 Å². The molecule has 0 bridgehead atoms.